The lowest BCUT2D eigenvalue weighted by molar-refractivity contribution is -0.137. The third kappa shape index (κ3) is 5.29. The van der Waals surface area contributed by atoms with Crippen LogP contribution in [0.1, 0.15) is 5.56 Å². The van der Waals surface area contributed by atoms with Crippen molar-refractivity contribution in [2.45, 2.75) is 6.18 Å². The third-order valence-electron chi connectivity index (χ3n) is 4.42. The summed E-state index contributed by atoms with van der Waals surface area (Å²) < 4.78 is 58.0. The van der Waals surface area contributed by atoms with Crippen LogP contribution in [0.5, 0.6) is 11.6 Å². The van der Waals surface area contributed by atoms with E-state index in [2.05, 4.69) is 20.6 Å². The Morgan fingerprint density at radius 2 is 1.61 bits per heavy atom. The molecular formula is C22H13ClF4N4O2. The van der Waals surface area contributed by atoms with Gasteiger partial charge in [0, 0.05) is 17.4 Å². The minimum absolute atomic E-state index is 0.0729. The summed E-state index contributed by atoms with van der Waals surface area (Å²) in [7, 11) is 0. The number of carbonyl (C=O) groups excluding carboxylic acids is 1. The highest BCUT2D eigenvalue weighted by Crippen LogP contribution is 2.36. The molecule has 0 spiro atoms. The topological polar surface area (TPSA) is 76.1 Å². The molecule has 0 aliphatic rings. The normalized spacial score (nSPS) is 11.3. The Balaban J connectivity index is 1.43. The zero-order chi connectivity index (χ0) is 23.6. The second-order valence-corrected chi connectivity index (χ2v) is 7.15. The molecule has 4 rings (SSSR count). The lowest BCUT2D eigenvalue weighted by Gasteiger charge is -2.12. The van der Waals surface area contributed by atoms with Gasteiger partial charge in [0.15, 0.2) is 0 Å². The van der Waals surface area contributed by atoms with Crippen molar-refractivity contribution in [1.82, 2.24) is 9.97 Å². The highest BCUT2D eigenvalue weighted by Gasteiger charge is 2.33. The van der Waals surface area contributed by atoms with Crippen LogP contribution < -0.4 is 15.4 Å². The van der Waals surface area contributed by atoms with Gasteiger partial charge < -0.3 is 15.4 Å². The summed E-state index contributed by atoms with van der Waals surface area (Å²) in [5.74, 6) is 0.175. The van der Waals surface area contributed by atoms with Gasteiger partial charge in [-0.3, -0.25) is 0 Å². The highest BCUT2D eigenvalue weighted by molar-refractivity contribution is 6.31. The zero-order valence-electron chi connectivity index (χ0n) is 16.5. The molecular weight excluding hydrogens is 464 g/mol. The van der Waals surface area contributed by atoms with Crippen molar-refractivity contribution in [2.24, 2.45) is 0 Å². The predicted molar refractivity (Wildman–Crippen MR) is 115 cm³/mol. The summed E-state index contributed by atoms with van der Waals surface area (Å²) in [5, 5.41) is 4.87. The molecule has 0 aliphatic heterocycles. The fraction of sp³-hybridized carbons (Fsp3) is 0.0455. The van der Waals surface area contributed by atoms with Crippen LogP contribution in [0, 0.1) is 5.82 Å². The van der Waals surface area contributed by atoms with Crippen molar-refractivity contribution in [1.29, 1.82) is 0 Å². The van der Waals surface area contributed by atoms with Gasteiger partial charge in [-0.05, 0) is 54.6 Å². The summed E-state index contributed by atoms with van der Waals surface area (Å²) in [6.45, 7) is 0. The Morgan fingerprint density at radius 1 is 0.909 bits per heavy atom. The maximum absolute atomic E-state index is 13.4. The third-order valence-corrected chi connectivity index (χ3v) is 4.75. The number of fused-ring (bicyclic) bond motifs is 1. The van der Waals surface area contributed by atoms with Gasteiger partial charge in [0.2, 0.25) is 5.88 Å². The van der Waals surface area contributed by atoms with E-state index in [1.54, 1.807) is 12.1 Å². The van der Waals surface area contributed by atoms with Gasteiger partial charge in [-0.2, -0.15) is 13.2 Å². The lowest BCUT2D eigenvalue weighted by Crippen LogP contribution is -2.19. The van der Waals surface area contributed by atoms with Crippen molar-refractivity contribution < 1.29 is 27.1 Å². The Kier molecular flexibility index (Phi) is 6.01. The lowest BCUT2D eigenvalue weighted by atomic mass is 10.2. The molecule has 168 valence electrons. The average molecular weight is 477 g/mol. The molecule has 6 nitrogen and oxygen atoms in total. The molecule has 1 aromatic heterocycles. The van der Waals surface area contributed by atoms with Gasteiger partial charge in [-0.25, -0.2) is 19.2 Å². The van der Waals surface area contributed by atoms with Crippen LogP contribution in [0.15, 0.2) is 67.0 Å². The molecule has 0 atom stereocenters. The van der Waals surface area contributed by atoms with Gasteiger partial charge in [-0.15, -0.1) is 0 Å². The standard InChI is InChI=1S/C22H13ClF4N4O2/c23-18-8-4-14(10-17(18)22(25,26)27)31-21(32)30-13-2-5-15(6-3-13)33-20-16-7-1-12(24)9-19(16)28-11-29-20/h1-11H,(H2,30,31,32). The van der Waals surface area contributed by atoms with Crippen molar-refractivity contribution >= 4 is 39.9 Å². The number of benzene rings is 3. The molecule has 0 bridgehead atoms. The number of anilines is 2. The molecule has 2 amide bonds. The summed E-state index contributed by atoms with van der Waals surface area (Å²) in [6.07, 6.45) is -3.40. The number of carbonyl (C=O) groups is 1. The fourth-order valence-corrected chi connectivity index (χ4v) is 3.14. The molecule has 1 heterocycles. The number of rotatable bonds is 4. The molecule has 0 saturated heterocycles. The van der Waals surface area contributed by atoms with E-state index in [1.165, 1.54) is 42.7 Å². The van der Waals surface area contributed by atoms with E-state index in [1.807, 2.05) is 0 Å². The number of ether oxygens (including phenoxy) is 1. The van der Waals surface area contributed by atoms with Crippen LogP contribution in [-0.2, 0) is 6.18 Å². The molecule has 0 aliphatic carbocycles. The maximum atomic E-state index is 13.4. The molecule has 33 heavy (non-hydrogen) atoms. The first kappa shape index (κ1) is 22.3. The molecule has 0 unspecified atom stereocenters. The van der Waals surface area contributed by atoms with Crippen molar-refractivity contribution in [2.75, 3.05) is 10.6 Å². The highest BCUT2D eigenvalue weighted by atomic mass is 35.5. The predicted octanol–water partition coefficient (Wildman–Crippen LogP) is 6.88. The Bertz CT molecular complexity index is 1330. The second kappa shape index (κ2) is 8.91. The van der Waals surface area contributed by atoms with Crippen LogP contribution in [0.4, 0.5) is 33.7 Å². The maximum Gasteiger partial charge on any atom is 0.417 e. The van der Waals surface area contributed by atoms with E-state index < -0.39 is 28.6 Å². The summed E-state index contributed by atoms with van der Waals surface area (Å²) >= 11 is 5.57. The molecule has 2 N–H and O–H groups in total. The zero-order valence-corrected chi connectivity index (χ0v) is 17.2. The number of alkyl halides is 3. The monoisotopic (exact) mass is 476 g/mol. The smallest absolute Gasteiger partial charge is 0.417 e. The molecule has 0 saturated carbocycles. The number of aromatic nitrogens is 2. The molecule has 0 radical (unpaired) electrons. The Morgan fingerprint density at radius 3 is 2.33 bits per heavy atom. The second-order valence-electron chi connectivity index (χ2n) is 6.74. The van der Waals surface area contributed by atoms with Crippen LogP contribution in [0.25, 0.3) is 10.9 Å². The van der Waals surface area contributed by atoms with E-state index >= 15 is 0 Å². The number of hydrogen-bond donors (Lipinski definition) is 2. The molecule has 3 aromatic carbocycles. The van der Waals surface area contributed by atoms with Gasteiger partial charge >= 0.3 is 12.2 Å². The summed E-state index contributed by atoms with van der Waals surface area (Å²) in [6, 6.07) is 12.5. The number of urea groups is 1. The minimum Gasteiger partial charge on any atom is -0.438 e. The largest absolute Gasteiger partial charge is 0.438 e. The van der Waals surface area contributed by atoms with Crippen LogP contribution in [-0.4, -0.2) is 16.0 Å². The Hall–Kier alpha value is -3.92. The number of nitrogens with zero attached hydrogens (tertiary/aromatic N) is 2. The first-order valence-electron chi connectivity index (χ1n) is 9.32. The van der Waals surface area contributed by atoms with E-state index in [9.17, 15) is 22.4 Å². The number of hydrogen-bond acceptors (Lipinski definition) is 4. The van der Waals surface area contributed by atoms with Gasteiger partial charge in [0.05, 0.1) is 21.5 Å². The average Bonchev–Trinajstić information content (AvgIpc) is 2.75. The molecule has 4 aromatic rings. The van der Waals surface area contributed by atoms with E-state index in [4.69, 9.17) is 16.3 Å². The fourth-order valence-electron chi connectivity index (χ4n) is 2.92. The van der Waals surface area contributed by atoms with Gasteiger partial charge in [0.1, 0.15) is 17.9 Å². The van der Waals surface area contributed by atoms with E-state index in [0.717, 1.165) is 12.1 Å². The number of nitrogens with one attached hydrogen (secondary N) is 2. The number of amides is 2. The molecule has 11 heteroatoms. The SMILES string of the molecule is O=C(Nc1ccc(Oc2ncnc3cc(F)ccc23)cc1)Nc1ccc(Cl)c(C(F)(F)F)c1. The first-order valence-corrected chi connectivity index (χ1v) is 9.70. The van der Waals surface area contributed by atoms with Crippen LogP contribution in [0.2, 0.25) is 5.02 Å². The van der Waals surface area contributed by atoms with Crippen LogP contribution >= 0.6 is 11.6 Å². The van der Waals surface area contributed by atoms with Crippen molar-refractivity contribution in [3.8, 4) is 11.6 Å². The van der Waals surface area contributed by atoms with Crippen LogP contribution in [0.3, 0.4) is 0 Å². The minimum atomic E-state index is -4.65. The molecule has 0 fully saturated rings. The first-order chi connectivity index (χ1) is 15.7. The summed E-state index contributed by atoms with van der Waals surface area (Å²) in [4.78, 5) is 20.2. The summed E-state index contributed by atoms with van der Waals surface area (Å²) in [5.41, 5.74) is -0.384. The van der Waals surface area contributed by atoms with Crippen molar-refractivity contribution in [3.63, 3.8) is 0 Å². The van der Waals surface area contributed by atoms with Gasteiger partial charge in [-0.1, -0.05) is 11.6 Å². The Labute approximate surface area is 189 Å². The quantitative estimate of drug-likeness (QED) is 0.315. The van der Waals surface area contributed by atoms with Gasteiger partial charge in [0.25, 0.3) is 0 Å². The van der Waals surface area contributed by atoms with E-state index in [0.29, 0.717) is 22.3 Å². The van der Waals surface area contributed by atoms with E-state index in [-0.39, 0.29) is 11.6 Å². The number of halogens is 5. The van der Waals surface area contributed by atoms with Crippen molar-refractivity contribution in [3.05, 3.63) is 83.4 Å².